The van der Waals surface area contributed by atoms with Crippen molar-refractivity contribution in [2.24, 2.45) is 0 Å². The van der Waals surface area contributed by atoms with E-state index in [9.17, 15) is 13.2 Å². The Morgan fingerprint density at radius 2 is 1.66 bits per heavy atom. The molecule has 4 rings (SSSR count). The van der Waals surface area contributed by atoms with Crippen LogP contribution in [0.15, 0.2) is 72.8 Å². The van der Waals surface area contributed by atoms with E-state index in [4.69, 9.17) is 32.1 Å². The molecule has 1 aliphatic rings. The van der Waals surface area contributed by atoms with Gasteiger partial charge in [0.15, 0.2) is 0 Å². The summed E-state index contributed by atoms with van der Waals surface area (Å²) in [6, 6.07) is 23.2. The Morgan fingerprint density at radius 1 is 0.971 bits per heavy atom. The molecule has 184 valence electrons. The quantitative estimate of drug-likeness (QED) is 0.368. The fourth-order valence-corrected chi connectivity index (χ4v) is 4.82. The molecule has 1 atom stereocenters. The number of benzene rings is 3. The van der Waals surface area contributed by atoms with Gasteiger partial charge >= 0.3 is 0 Å². The van der Waals surface area contributed by atoms with Crippen molar-refractivity contribution < 1.29 is 22.1 Å². The Morgan fingerprint density at radius 3 is 2.31 bits per heavy atom. The number of amides is 1. The van der Waals surface area contributed by atoms with Gasteiger partial charge in [0.25, 0.3) is 10.1 Å². The molecule has 1 heterocycles. The van der Waals surface area contributed by atoms with E-state index < -0.39 is 15.7 Å². The topological polar surface area (TPSA) is 72.9 Å². The lowest BCUT2D eigenvalue weighted by atomic mass is 9.88. The summed E-state index contributed by atoms with van der Waals surface area (Å²) in [6.07, 6.45) is 1.20. The van der Waals surface area contributed by atoms with Crippen LogP contribution < -0.4 is 0 Å². The molecule has 0 radical (unpaired) electrons. The minimum absolute atomic E-state index is 0.104. The van der Waals surface area contributed by atoms with Crippen molar-refractivity contribution in [1.82, 2.24) is 4.90 Å². The summed E-state index contributed by atoms with van der Waals surface area (Å²) in [6.45, 7) is 0.332. The number of rotatable bonds is 8. The molecular formula is C26H25Cl2NO5S. The number of halogens is 2. The zero-order valence-electron chi connectivity index (χ0n) is 19.1. The van der Waals surface area contributed by atoms with Crippen LogP contribution in [-0.2, 0) is 36.0 Å². The first-order valence-electron chi connectivity index (χ1n) is 11.0. The standard InChI is InChI=1S/C26H25Cl2NO5S/c1-35(31,32)34-14-13-26(22-11-12-23(27)24(28)15-22)18-29(25(30)17-33-26)16-19-7-9-21(10-8-19)20-5-3-2-4-6-20/h2-12,15H,13-14,16-18H2,1H3. The van der Waals surface area contributed by atoms with Crippen molar-refractivity contribution in [2.75, 3.05) is 26.0 Å². The molecular weight excluding hydrogens is 509 g/mol. The number of hydrogen-bond acceptors (Lipinski definition) is 5. The minimum Gasteiger partial charge on any atom is -0.359 e. The summed E-state index contributed by atoms with van der Waals surface area (Å²) in [4.78, 5) is 14.5. The van der Waals surface area contributed by atoms with Crippen LogP contribution in [0.25, 0.3) is 11.1 Å². The van der Waals surface area contributed by atoms with E-state index in [0.717, 1.165) is 22.9 Å². The predicted octanol–water partition coefficient (Wildman–Crippen LogP) is 5.28. The van der Waals surface area contributed by atoms with Crippen LogP contribution in [-0.4, -0.2) is 45.2 Å². The normalized spacial score (nSPS) is 18.6. The fourth-order valence-electron chi connectivity index (χ4n) is 4.14. The minimum atomic E-state index is -3.63. The summed E-state index contributed by atoms with van der Waals surface area (Å²) in [5.74, 6) is -0.156. The van der Waals surface area contributed by atoms with E-state index in [-0.39, 0.29) is 32.1 Å². The molecule has 0 spiro atoms. The lowest BCUT2D eigenvalue weighted by Crippen LogP contribution is -2.53. The Bertz CT molecular complexity index is 1300. The first-order chi connectivity index (χ1) is 16.7. The second-order valence-electron chi connectivity index (χ2n) is 8.50. The summed E-state index contributed by atoms with van der Waals surface area (Å²) >= 11 is 12.4. The van der Waals surface area contributed by atoms with Crippen LogP contribution in [0.1, 0.15) is 17.5 Å². The molecule has 3 aromatic carbocycles. The van der Waals surface area contributed by atoms with Crippen molar-refractivity contribution in [3.05, 3.63) is 94.0 Å². The summed E-state index contributed by atoms with van der Waals surface area (Å²) in [5.41, 5.74) is 2.87. The molecule has 0 bridgehead atoms. The Hall–Kier alpha value is -2.42. The lowest BCUT2D eigenvalue weighted by molar-refractivity contribution is -0.169. The lowest BCUT2D eigenvalue weighted by Gasteiger charge is -2.43. The van der Waals surface area contributed by atoms with E-state index in [1.54, 1.807) is 23.1 Å². The van der Waals surface area contributed by atoms with E-state index in [2.05, 4.69) is 0 Å². The van der Waals surface area contributed by atoms with E-state index in [1.165, 1.54) is 0 Å². The average Bonchev–Trinajstić information content (AvgIpc) is 2.83. The molecule has 0 aromatic heterocycles. The van der Waals surface area contributed by atoms with Gasteiger partial charge in [0.1, 0.15) is 12.2 Å². The zero-order chi connectivity index (χ0) is 25.1. The highest BCUT2D eigenvalue weighted by Crippen LogP contribution is 2.37. The van der Waals surface area contributed by atoms with Crippen molar-refractivity contribution in [3.8, 4) is 11.1 Å². The highest BCUT2D eigenvalue weighted by atomic mass is 35.5. The highest BCUT2D eigenvalue weighted by molar-refractivity contribution is 7.85. The van der Waals surface area contributed by atoms with Crippen molar-refractivity contribution in [1.29, 1.82) is 0 Å². The van der Waals surface area contributed by atoms with Gasteiger partial charge in [0, 0.05) is 13.0 Å². The molecule has 1 amide bonds. The summed E-state index contributed by atoms with van der Waals surface area (Å²) in [5, 5.41) is 0.733. The summed E-state index contributed by atoms with van der Waals surface area (Å²) < 4.78 is 34.1. The second-order valence-corrected chi connectivity index (χ2v) is 11.0. The van der Waals surface area contributed by atoms with Crippen LogP contribution in [0.4, 0.5) is 0 Å². The van der Waals surface area contributed by atoms with Crippen molar-refractivity contribution >= 4 is 39.2 Å². The molecule has 0 N–H and O–H groups in total. The monoisotopic (exact) mass is 533 g/mol. The fraction of sp³-hybridized carbons (Fsp3) is 0.269. The van der Waals surface area contributed by atoms with Gasteiger partial charge < -0.3 is 9.64 Å². The van der Waals surface area contributed by atoms with E-state index >= 15 is 0 Å². The van der Waals surface area contributed by atoms with Crippen LogP contribution in [0, 0.1) is 0 Å². The highest BCUT2D eigenvalue weighted by Gasteiger charge is 2.41. The van der Waals surface area contributed by atoms with Gasteiger partial charge in [-0.25, -0.2) is 0 Å². The van der Waals surface area contributed by atoms with Gasteiger partial charge in [-0.2, -0.15) is 8.42 Å². The first-order valence-corrected chi connectivity index (χ1v) is 13.6. The maximum atomic E-state index is 12.8. The van der Waals surface area contributed by atoms with Crippen molar-refractivity contribution in [2.45, 2.75) is 18.6 Å². The SMILES string of the molecule is CS(=O)(=O)OCCC1(c2ccc(Cl)c(Cl)c2)CN(Cc2ccc(-c3ccccc3)cc2)C(=O)CO1. The number of morpholine rings is 1. The number of nitrogens with zero attached hydrogens (tertiary/aromatic N) is 1. The molecule has 6 nitrogen and oxygen atoms in total. The van der Waals surface area contributed by atoms with Gasteiger partial charge in [0.2, 0.25) is 5.91 Å². The Balaban J connectivity index is 1.57. The van der Waals surface area contributed by atoms with Crippen LogP contribution in [0.5, 0.6) is 0 Å². The van der Waals surface area contributed by atoms with Gasteiger partial charge in [0.05, 0.1) is 29.5 Å². The maximum Gasteiger partial charge on any atom is 0.264 e. The third-order valence-electron chi connectivity index (χ3n) is 5.95. The average molecular weight is 534 g/mol. The Labute approximate surface area is 215 Å². The number of hydrogen-bond donors (Lipinski definition) is 0. The first kappa shape index (κ1) is 25.7. The number of carbonyl (C=O) groups excluding carboxylic acids is 1. The van der Waals surface area contributed by atoms with Gasteiger partial charge in [-0.1, -0.05) is 83.9 Å². The molecule has 9 heteroatoms. The predicted molar refractivity (Wildman–Crippen MR) is 137 cm³/mol. The zero-order valence-corrected chi connectivity index (χ0v) is 21.4. The van der Waals surface area contributed by atoms with Crippen LogP contribution in [0.3, 0.4) is 0 Å². The molecule has 0 saturated carbocycles. The smallest absolute Gasteiger partial charge is 0.264 e. The molecule has 35 heavy (non-hydrogen) atoms. The molecule has 1 aliphatic heterocycles. The van der Waals surface area contributed by atoms with E-state index in [0.29, 0.717) is 22.2 Å². The molecule has 3 aromatic rings. The summed E-state index contributed by atoms with van der Waals surface area (Å²) in [7, 11) is -3.63. The molecule has 1 unspecified atom stereocenters. The molecule has 1 fully saturated rings. The van der Waals surface area contributed by atoms with Gasteiger partial charge in [-0.3, -0.25) is 8.98 Å². The van der Waals surface area contributed by atoms with Gasteiger partial charge in [-0.05, 0) is 34.4 Å². The largest absolute Gasteiger partial charge is 0.359 e. The van der Waals surface area contributed by atoms with Crippen LogP contribution in [0.2, 0.25) is 10.0 Å². The molecule has 0 aliphatic carbocycles. The third kappa shape index (κ3) is 6.42. The van der Waals surface area contributed by atoms with Gasteiger partial charge in [-0.15, -0.1) is 0 Å². The third-order valence-corrected chi connectivity index (χ3v) is 7.29. The second kappa shape index (κ2) is 10.7. The van der Waals surface area contributed by atoms with Crippen molar-refractivity contribution in [3.63, 3.8) is 0 Å². The number of carbonyl (C=O) groups is 1. The Kier molecular flexibility index (Phi) is 7.83. The molecule has 1 saturated heterocycles. The van der Waals surface area contributed by atoms with Crippen LogP contribution >= 0.6 is 23.2 Å². The van der Waals surface area contributed by atoms with E-state index in [1.807, 2.05) is 54.6 Å². The number of ether oxygens (including phenoxy) is 1. The maximum absolute atomic E-state index is 12.8.